The third-order valence-electron chi connectivity index (χ3n) is 12.6. The Bertz CT molecular complexity index is 3460. The standard InChI is InChI=1S/C55H37N3/c1-55(2)47-23-13-12-20-42(47)43-30-27-37(32-48(43)55)50-33-49(35-15-4-3-5-16-35)56-54(57-50)36-24-28-38(29-25-36)58-52-39-17-7-6-14-34(39)26-31-46(52)51-44-21-10-8-18-40(44)41-19-9-11-22-45(41)53(51)58/h3-33H,1-2H3. The van der Waals surface area contributed by atoms with Gasteiger partial charge in [0, 0.05) is 49.3 Å². The van der Waals surface area contributed by atoms with Gasteiger partial charge in [-0.05, 0) is 80.2 Å². The van der Waals surface area contributed by atoms with Crippen molar-refractivity contribution >= 4 is 54.1 Å². The van der Waals surface area contributed by atoms with Crippen molar-refractivity contribution in [1.29, 1.82) is 0 Å². The zero-order chi connectivity index (χ0) is 38.5. The first-order valence-electron chi connectivity index (χ1n) is 20.1. The maximum absolute atomic E-state index is 5.31. The molecule has 11 aromatic rings. The Balaban J connectivity index is 1.06. The predicted octanol–water partition coefficient (Wildman–Crippen LogP) is 14.3. The monoisotopic (exact) mass is 739 g/mol. The Hall–Kier alpha value is -7.36. The maximum atomic E-state index is 5.31. The molecule has 0 amide bonds. The van der Waals surface area contributed by atoms with Gasteiger partial charge in [-0.25, -0.2) is 9.97 Å². The van der Waals surface area contributed by atoms with Gasteiger partial charge >= 0.3 is 0 Å². The molecule has 2 heterocycles. The van der Waals surface area contributed by atoms with Crippen LogP contribution in [0.1, 0.15) is 25.0 Å². The quantitative estimate of drug-likeness (QED) is 0.168. The van der Waals surface area contributed by atoms with Crippen molar-refractivity contribution in [3.63, 3.8) is 0 Å². The van der Waals surface area contributed by atoms with Gasteiger partial charge < -0.3 is 4.57 Å². The third-order valence-corrected chi connectivity index (χ3v) is 12.6. The average molecular weight is 740 g/mol. The molecule has 3 heteroatoms. The molecule has 0 saturated carbocycles. The Labute approximate surface area is 336 Å². The number of aromatic nitrogens is 3. The highest BCUT2D eigenvalue weighted by Crippen LogP contribution is 2.50. The van der Waals surface area contributed by atoms with Gasteiger partial charge in [-0.15, -0.1) is 0 Å². The molecule has 1 aliphatic rings. The summed E-state index contributed by atoms with van der Waals surface area (Å²) in [5.74, 6) is 0.704. The highest BCUT2D eigenvalue weighted by atomic mass is 15.0. The van der Waals surface area contributed by atoms with Crippen molar-refractivity contribution < 1.29 is 0 Å². The van der Waals surface area contributed by atoms with Crippen molar-refractivity contribution in [1.82, 2.24) is 14.5 Å². The Morgan fingerprint density at radius 2 is 1.00 bits per heavy atom. The number of rotatable bonds is 4. The number of hydrogen-bond acceptors (Lipinski definition) is 2. The summed E-state index contributed by atoms with van der Waals surface area (Å²) in [6, 6.07) is 68.1. The fourth-order valence-corrected chi connectivity index (χ4v) is 9.80. The van der Waals surface area contributed by atoms with E-state index in [1.54, 1.807) is 0 Å². The van der Waals surface area contributed by atoms with E-state index in [1.165, 1.54) is 76.4 Å². The minimum Gasteiger partial charge on any atom is -0.308 e. The first kappa shape index (κ1) is 32.8. The van der Waals surface area contributed by atoms with E-state index in [-0.39, 0.29) is 5.41 Å². The molecule has 1 aliphatic carbocycles. The number of hydrogen-bond donors (Lipinski definition) is 0. The molecule has 0 aliphatic heterocycles. The summed E-state index contributed by atoms with van der Waals surface area (Å²) in [6.07, 6.45) is 0. The van der Waals surface area contributed by atoms with Crippen LogP contribution < -0.4 is 0 Å². The van der Waals surface area contributed by atoms with E-state index in [4.69, 9.17) is 9.97 Å². The molecule has 0 radical (unpaired) electrons. The second-order valence-electron chi connectivity index (χ2n) is 16.1. The van der Waals surface area contributed by atoms with Gasteiger partial charge in [0.05, 0.1) is 22.4 Å². The Morgan fingerprint density at radius 1 is 0.397 bits per heavy atom. The van der Waals surface area contributed by atoms with Crippen LogP contribution in [0.2, 0.25) is 0 Å². The molecule has 58 heavy (non-hydrogen) atoms. The second-order valence-corrected chi connectivity index (χ2v) is 16.1. The molecule has 272 valence electrons. The van der Waals surface area contributed by atoms with Crippen molar-refractivity contribution in [3.8, 4) is 50.7 Å². The lowest BCUT2D eigenvalue weighted by atomic mass is 9.82. The predicted molar refractivity (Wildman–Crippen MR) is 243 cm³/mol. The van der Waals surface area contributed by atoms with Crippen LogP contribution in [0.4, 0.5) is 0 Å². The van der Waals surface area contributed by atoms with E-state index in [1.807, 2.05) is 0 Å². The van der Waals surface area contributed by atoms with Gasteiger partial charge in [0.1, 0.15) is 0 Å². The van der Waals surface area contributed by atoms with Crippen LogP contribution in [0.5, 0.6) is 0 Å². The fourth-order valence-electron chi connectivity index (χ4n) is 9.80. The maximum Gasteiger partial charge on any atom is 0.160 e. The molecular formula is C55H37N3. The molecule has 0 N–H and O–H groups in total. The molecule has 0 atom stereocenters. The fraction of sp³-hybridized carbons (Fsp3) is 0.0545. The molecule has 12 rings (SSSR count). The normalized spacial score (nSPS) is 13.1. The van der Waals surface area contributed by atoms with E-state index in [0.29, 0.717) is 5.82 Å². The topological polar surface area (TPSA) is 30.7 Å². The lowest BCUT2D eigenvalue weighted by Gasteiger charge is -2.22. The summed E-state index contributed by atoms with van der Waals surface area (Å²) in [4.78, 5) is 10.5. The zero-order valence-corrected chi connectivity index (χ0v) is 32.2. The van der Waals surface area contributed by atoms with Crippen LogP contribution in [0.25, 0.3) is 105 Å². The molecule has 0 unspecified atom stereocenters. The third kappa shape index (κ3) is 4.74. The number of fused-ring (bicyclic) bond motifs is 13. The van der Waals surface area contributed by atoms with Crippen LogP contribution in [0, 0.1) is 0 Å². The van der Waals surface area contributed by atoms with Crippen molar-refractivity contribution in [2.75, 3.05) is 0 Å². The molecule has 0 fully saturated rings. The second kappa shape index (κ2) is 12.3. The van der Waals surface area contributed by atoms with Crippen molar-refractivity contribution in [3.05, 3.63) is 199 Å². The molecule has 0 spiro atoms. The van der Waals surface area contributed by atoms with Crippen LogP contribution in [-0.4, -0.2) is 14.5 Å². The molecule has 0 saturated heterocycles. The van der Waals surface area contributed by atoms with Gasteiger partial charge in [-0.2, -0.15) is 0 Å². The summed E-state index contributed by atoms with van der Waals surface area (Å²) < 4.78 is 2.49. The minimum absolute atomic E-state index is 0.106. The van der Waals surface area contributed by atoms with E-state index in [9.17, 15) is 0 Å². The largest absolute Gasteiger partial charge is 0.308 e. The summed E-state index contributed by atoms with van der Waals surface area (Å²) >= 11 is 0. The molecule has 0 bridgehead atoms. The highest BCUT2D eigenvalue weighted by Gasteiger charge is 2.35. The SMILES string of the molecule is CC1(C)c2ccccc2-c2ccc(-c3cc(-c4ccccc4)nc(-c4ccc(-n5c6c7ccccc7ccc6c6c7ccccc7c7ccccc7c65)cc4)n3)cc21. The molecular weight excluding hydrogens is 703 g/mol. The minimum atomic E-state index is -0.106. The van der Waals surface area contributed by atoms with Gasteiger partial charge in [0.25, 0.3) is 0 Å². The van der Waals surface area contributed by atoms with Crippen LogP contribution >= 0.6 is 0 Å². The van der Waals surface area contributed by atoms with Crippen molar-refractivity contribution in [2.45, 2.75) is 19.3 Å². The lowest BCUT2D eigenvalue weighted by Crippen LogP contribution is -2.14. The van der Waals surface area contributed by atoms with E-state index in [0.717, 1.165) is 33.8 Å². The van der Waals surface area contributed by atoms with Crippen LogP contribution in [0.3, 0.4) is 0 Å². The summed E-state index contributed by atoms with van der Waals surface area (Å²) in [5, 5.41) is 10.0. The van der Waals surface area contributed by atoms with Gasteiger partial charge in [0.2, 0.25) is 0 Å². The van der Waals surface area contributed by atoms with Crippen molar-refractivity contribution in [2.24, 2.45) is 0 Å². The van der Waals surface area contributed by atoms with Gasteiger partial charge in [-0.3, -0.25) is 0 Å². The first-order chi connectivity index (χ1) is 28.5. The molecule has 2 aromatic heterocycles. The van der Waals surface area contributed by atoms with E-state index in [2.05, 4.69) is 206 Å². The summed E-state index contributed by atoms with van der Waals surface area (Å²) in [7, 11) is 0. The van der Waals surface area contributed by atoms with Gasteiger partial charge in [-0.1, -0.05) is 166 Å². The lowest BCUT2D eigenvalue weighted by molar-refractivity contribution is 0.660. The van der Waals surface area contributed by atoms with Crippen LogP contribution in [-0.2, 0) is 5.41 Å². The zero-order valence-electron chi connectivity index (χ0n) is 32.2. The highest BCUT2D eigenvalue weighted by molar-refractivity contribution is 6.34. The van der Waals surface area contributed by atoms with E-state index < -0.39 is 0 Å². The van der Waals surface area contributed by atoms with E-state index >= 15 is 0 Å². The first-order valence-corrected chi connectivity index (χ1v) is 20.1. The summed E-state index contributed by atoms with van der Waals surface area (Å²) in [6.45, 7) is 4.66. The Morgan fingerprint density at radius 3 is 1.79 bits per heavy atom. The summed E-state index contributed by atoms with van der Waals surface area (Å²) in [5.41, 5.74) is 13.7. The molecule has 3 nitrogen and oxygen atoms in total. The Kier molecular flexibility index (Phi) is 6.98. The average Bonchev–Trinajstić information content (AvgIpc) is 3.76. The number of nitrogens with zero attached hydrogens (tertiary/aromatic N) is 3. The smallest absolute Gasteiger partial charge is 0.160 e. The van der Waals surface area contributed by atoms with Gasteiger partial charge in [0.15, 0.2) is 5.82 Å². The van der Waals surface area contributed by atoms with Crippen LogP contribution in [0.15, 0.2) is 188 Å². The molecule has 9 aromatic carbocycles. The number of benzene rings is 9.